The Morgan fingerprint density at radius 1 is 1.15 bits per heavy atom. The van der Waals surface area contributed by atoms with Crippen LogP contribution in [0, 0.1) is 5.41 Å². The summed E-state index contributed by atoms with van der Waals surface area (Å²) in [7, 11) is -1.89. The zero-order valence-corrected chi connectivity index (χ0v) is 26.1. The number of hydrogen-bond donors (Lipinski definition) is 2. The molecule has 0 aromatic heterocycles. The first-order chi connectivity index (χ1) is 19.4. The smallest absolute Gasteiger partial charge is 0.229 e. The zero-order chi connectivity index (χ0) is 29.9. The summed E-state index contributed by atoms with van der Waals surface area (Å²) in [5.74, 6) is -0.785. The SMILES string of the molecule is CCC(CN(C)S(=O)(=O)C1CC1)N1C(=O)C(C)(CC(=O)NCCO)CC(c2cccc(Cl)c2)C1c1ccc(Cl)cc1. The van der Waals surface area contributed by atoms with E-state index in [2.05, 4.69) is 5.32 Å². The van der Waals surface area contributed by atoms with E-state index >= 15 is 0 Å². The van der Waals surface area contributed by atoms with E-state index in [0.29, 0.717) is 35.7 Å². The van der Waals surface area contributed by atoms with Gasteiger partial charge in [0.1, 0.15) is 0 Å². The van der Waals surface area contributed by atoms with Gasteiger partial charge in [0.15, 0.2) is 0 Å². The fraction of sp³-hybridized carbons (Fsp3) is 0.533. The molecule has 4 rings (SSSR count). The molecule has 2 amide bonds. The number of sulfonamides is 1. The highest BCUT2D eigenvalue weighted by Crippen LogP contribution is 2.52. The third kappa shape index (κ3) is 7.08. The predicted molar refractivity (Wildman–Crippen MR) is 161 cm³/mol. The number of aliphatic hydroxyl groups excluding tert-OH is 1. The lowest BCUT2D eigenvalue weighted by Gasteiger charge is -2.52. The summed E-state index contributed by atoms with van der Waals surface area (Å²) in [4.78, 5) is 29.3. The Bertz CT molecular complexity index is 1350. The topological polar surface area (TPSA) is 107 Å². The minimum absolute atomic E-state index is 0.0701. The maximum absolute atomic E-state index is 14.6. The number of carbonyl (C=O) groups is 2. The van der Waals surface area contributed by atoms with Crippen molar-refractivity contribution in [1.82, 2.24) is 14.5 Å². The van der Waals surface area contributed by atoms with E-state index in [4.69, 9.17) is 23.2 Å². The van der Waals surface area contributed by atoms with Crippen molar-refractivity contribution in [1.29, 1.82) is 0 Å². The summed E-state index contributed by atoms with van der Waals surface area (Å²) in [6, 6.07) is 14.0. The van der Waals surface area contributed by atoms with Crippen LogP contribution in [-0.2, 0) is 19.6 Å². The van der Waals surface area contributed by atoms with Crippen molar-refractivity contribution in [2.45, 2.75) is 69.2 Å². The van der Waals surface area contributed by atoms with Gasteiger partial charge in [0.05, 0.1) is 23.3 Å². The Kier molecular flexibility index (Phi) is 10.1. The van der Waals surface area contributed by atoms with E-state index in [1.54, 1.807) is 32.2 Å². The number of likely N-dealkylation sites (N-methyl/N-ethyl adjacent to an activating group) is 1. The van der Waals surface area contributed by atoms with Gasteiger partial charge in [-0.3, -0.25) is 9.59 Å². The predicted octanol–water partition coefficient (Wildman–Crippen LogP) is 4.76. The number of nitrogens with one attached hydrogen (secondary N) is 1. The highest BCUT2D eigenvalue weighted by atomic mass is 35.5. The highest BCUT2D eigenvalue weighted by molar-refractivity contribution is 7.90. The first kappa shape index (κ1) is 31.8. The molecule has 2 fully saturated rings. The quantitative estimate of drug-likeness (QED) is 0.354. The van der Waals surface area contributed by atoms with Crippen LogP contribution in [0.25, 0.3) is 0 Å². The number of rotatable bonds is 12. The number of hydrogen-bond acceptors (Lipinski definition) is 5. The second kappa shape index (κ2) is 13.0. The molecule has 4 atom stereocenters. The van der Waals surface area contributed by atoms with Crippen LogP contribution in [0.3, 0.4) is 0 Å². The fourth-order valence-corrected chi connectivity index (χ4v) is 7.94. The molecule has 1 saturated carbocycles. The number of amides is 2. The molecule has 0 bridgehead atoms. The zero-order valence-electron chi connectivity index (χ0n) is 23.7. The maximum Gasteiger partial charge on any atom is 0.229 e. The van der Waals surface area contributed by atoms with Crippen molar-refractivity contribution in [3.63, 3.8) is 0 Å². The van der Waals surface area contributed by atoms with Crippen LogP contribution in [0.1, 0.15) is 69.0 Å². The lowest BCUT2D eigenvalue weighted by atomic mass is 9.67. The van der Waals surface area contributed by atoms with E-state index < -0.39 is 27.5 Å². The molecule has 1 aliphatic heterocycles. The Labute approximate surface area is 253 Å². The molecule has 1 aliphatic carbocycles. The van der Waals surface area contributed by atoms with Crippen LogP contribution in [0.2, 0.25) is 10.0 Å². The standard InChI is InChI=1S/C30H39Cl2N3O5S/c1-4-24(19-34(3)41(39,40)25-12-13-25)35-28(20-8-10-22(31)11-9-20)26(21-6-5-7-23(32)16-21)17-30(2,29(35)38)18-27(37)33-14-15-36/h5-11,16,24-26,28,36H,4,12-15,17-19H2,1-3H3,(H,33,37). The third-order valence-electron chi connectivity index (χ3n) is 8.29. The normalized spacial score (nSPS) is 24.0. The van der Waals surface area contributed by atoms with E-state index in [-0.39, 0.29) is 49.1 Å². The molecule has 224 valence electrons. The molecule has 2 aliphatic rings. The lowest BCUT2D eigenvalue weighted by Crippen LogP contribution is -2.58. The van der Waals surface area contributed by atoms with E-state index in [9.17, 15) is 23.1 Å². The number of aliphatic hydroxyl groups is 1. The van der Waals surface area contributed by atoms with Crippen LogP contribution in [0.15, 0.2) is 48.5 Å². The number of nitrogens with zero attached hydrogens (tertiary/aromatic N) is 2. The average molecular weight is 625 g/mol. The van der Waals surface area contributed by atoms with Gasteiger partial charge in [-0.25, -0.2) is 12.7 Å². The summed E-state index contributed by atoms with van der Waals surface area (Å²) in [5.41, 5.74) is 0.702. The third-order valence-corrected chi connectivity index (χ3v) is 11.1. The van der Waals surface area contributed by atoms with Gasteiger partial charge in [-0.05, 0) is 61.1 Å². The molecular formula is C30H39Cl2N3O5S. The largest absolute Gasteiger partial charge is 0.395 e. The second-order valence-electron chi connectivity index (χ2n) is 11.5. The van der Waals surface area contributed by atoms with Crippen molar-refractivity contribution in [2.75, 3.05) is 26.7 Å². The van der Waals surface area contributed by atoms with E-state index in [1.165, 1.54) is 4.31 Å². The van der Waals surface area contributed by atoms with Gasteiger partial charge in [-0.1, -0.05) is 61.3 Å². The van der Waals surface area contributed by atoms with Crippen molar-refractivity contribution < 1.29 is 23.1 Å². The number of benzene rings is 2. The maximum atomic E-state index is 14.6. The molecule has 1 saturated heterocycles. The summed E-state index contributed by atoms with van der Waals surface area (Å²) in [5, 5.41) is 12.7. The van der Waals surface area contributed by atoms with Crippen molar-refractivity contribution in [2.24, 2.45) is 5.41 Å². The van der Waals surface area contributed by atoms with Gasteiger partial charge in [-0.15, -0.1) is 0 Å². The van der Waals surface area contributed by atoms with Crippen molar-refractivity contribution in [3.05, 3.63) is 69.7 Å². The summed E-state index contributed by atoms with van der Waals surface area (Å²) < 4.78 is 27.6. The minimum Gasteiger partial charge on any atom is -0.395 e. The van der Waals surface area contributed by atoms with Gasteiger partial charge in [-0.2, -0.15) is 0 Å². The van der Waals surface area contributed by atoms with Gasteiger partial charge in [0.25, 0.3) is 0 Å². The average Bonchev–Trinajstić information content (AvgIpc) is 3.79. The number of halogens is 2. The lowest BCUT2D eigenvalue weighted by molar-refractivity contribution is -0.157. The van der Waals surface area contributed by atoms with Crippen molar-refractivity contribution in [3.8, 4) is 0 Å². The molecule has 0 radical (unpaired) electrons. The number of likely N-dealkylation sites (tertiary alicyclic amines) is 1. The molecule has 41 heavy (non-hydrogen) atoms. The monoisotopic (exact) mass is 623 g/mol. The first-order valence-electron chi connectivity index (χ1n) is 14.1. The van der Waals surface area contributed by atoms with Gasteiger partial charge in [0, 0.05) is 48.6 Å². The molecular weight excluding hydrogens is 585 g/mol. The second-order valence-corrected chi connectivity index (χ2v) is 14.7. The Morgan fingerprint density at radius 2 is 1.83 bits per heavy atom. The molecule has 1 heterocycles. The van der Waals surface area contributed by atoms with E-state index in [0.717, 1.165) is 11.1 Å². The van der Waals surface area contributed by atoms with Gasteiger partial charge < -0.3 is 15.3 Å². The molecule has 2 N–H and O–H groups in total. The Hall–Kier alpha value is -2.17. The van der Waals surface area contributed by atoms with Crippen LogP contribution in [0.4, 0.5) is 0 Å². The summed E-state index contributed by atoms with van der Waals surface area (Å²) in [6.07, 6.45) is 2.11. The van der Waals surface area contributed by atoms with Gasteiger partial charge in [0.2, 0.25) is 21.8 Å². The molecule has 2 aromatic carbocycles. The van der Waals surface area contributed by atoms with Crippen molar-refractivity contribution >= 4 is 45.0 Å². The molecule has 4 unspecified atom stereocenters. The molecule has 2 aromatic rings. The molecule has 8 nitrogen and oxygen atoms in total. The first-order valence-corrected chi connectivity index (χ1v) is 16.3. The highest BCUT2D eigenvalue weighted by Gasteiger charge is 2.52. The minimum atomic E-state index is -3.47. The van der Waals surface area contributed by atoms with E-state index in [1.807, 2.05) is 42.2 Å². The summed E-state index contributed by atoms with van der Waals surface area (Å²) >= 11 is 12.7. The molecule has 11 heteroatoms. The Morgan fingerprint density at radius 3 is 2.41 bits per heavy atom. The molecule has 0 spiro atoms. The number of carbonyl (C=O) groups excluding carboxylic acids is 2. The van der Waals surface area contributed by atoms with Crippen LogP contribution < -0.4 is 5.32 Å². The van der Waals surface area contributed by atoms with Crippen LogP contribution in [-0.4, -0.2) is 72.6 Å². The van der Waals surface area contributed by atoms with Gasteiger partial charge >= 0.3 is 0 Å². The van der Waals surface area contributed by atoms with Crippen LogP contribution in [0.5, 0.6) is 0 Å². The fourth-order valence-electron chi connectivity index (χ4n) is 5.99. The Balaban J connectivity index is 1.84. The van der Waals surface area contributed by atoms with Crippen LogP contribution >= 0.6 is 23.2 Å². The number of piperidine rings is 1. The summed E-state index contributed by atoms with van der Waals surface area (Å²) in [6.45, 7) is 3.78.